The molecule has 3 nitrogen and oxygen atoms in total. The molecule has 0 fully saturated rings. The Bertz CT molecular complexity index is 496. The molecule has 0 radical (unpaired) electrons. The van der Waals surface area contributed by atoms with Gasteiger partial charge in [0, 0.05) is 23.9 Å². The van der Waals surface area contributed by atoms with Crippen molar-refractivity contribution < 1.29 is 4.74 Å². The van der Waals surface area contributed by atoms with E-state index in [-0.39, 0.29) is 6.04 Å². The van der Waals surface area contributed by atoms with E-state index in [4.69, 9.17) is 4.74 Å². The first-order chi connectivity index (χ1) is 9.26. The van der Waals surface area contributed by atoms with Gasteiger partial charge in [-0.1, -0.05) is 25.1 Å². The van der Waals surface area contributed by atoms with Crippen LogP contribution in [0.1, 0.15) is 30.1 Å². The number of benzene rings is 1. The van der Waals surface area contributed by atoms with Gasteiger partial charge in [-0.2, -0.15) is 0 Å². The second-order valence-electron chi connectivity index (χ2n) is 4.58. The van der Waals surface area contributed by atoms with E-state index in [2.05, 4.69) is 35.4 Å². The zero-order valence-corrected chi connectivity index (χ0v) is 11.6. The van der Waals surface area contributed by atoms with Crippen molar-refractivity contribution in [2.75, 3.05) is 14.2 Å². The maximum absolute atomic E-state index is 5.19. The summed E-state index contributed by atoms with van der Waals surface area (Å²) < 4.78 is 5.19. The maximum Gasteiger partial charge on any atom is 0.118 e. The topological polar surface area (TPSA) is 34.1 Å². The predicted octanol–water partition coefficient (Wildman–Crippen LogP) is 3.15. The summed E-state index contributed by atoms with van der Waals surface area (Å²) in [5, 5.41) is 3.37. The third-order valence-electron chi connectivity index (χ3n) is 3.44. The van der Waals surface area contributed by atoms with Crippen molar-refractivity contribution in [1.29, 1.82) is 0 Å². The Hall–Kier alpha value is -1.87. The van der Waals surface area contributed by atoms with Crippen LogP contribution in [0.25, 0.3) is 0 Å². The van der Waals surface area contributed by atoms with Crippen molar-refractivity contribution in [2.24, 2.45) is 0 Å². The molecule has 0 saturated heterocycles. The zero-order chi connectivity index (χ0) is 13.7. The highest BCUT2D eigenvalue weighted by Gasteiger charge is 2.19. The molecule has 0 aliphatic carbocycles. The lowest BCUT2D eigenvalue weighted by molar-refractivity contribution is 0.414. The summed E-state index contributed by atoms with van der Waals surface area (Å²) in [6, 6.07) is 14.4. The van der Waals surface area contributed by atoms with Crippen molar-refractivity contribution in [1.82, 2.24) is 10.3 Å². The lowest BCUT2D eigenvalue weighted by Gasteiger charge is -2.23. The monoisotopic (exact) mass is 256 g/mol. The first-order valence-corrected chi connectivity index (χ1v) is 6.48. The van der Waals surface area contributed by atoms with E-state index < -0.39 is 0 Å². The largest absolute Gasteiger partial charge is 0.497 e. The van der Waals surface area contributed by atoms with Crippen molar-refractivity contribution >= 4 is 0 Å². The molecule has 19 heavy (non-hydrogen) atoms. The van der Waals surface area contributed by atoms with Gasteiger partial charge in [-0.05, 0) is 36.9 Å². The van der Waals surface area contributed by atoms with E-state index in [1.54, 1.807) is 7.11 Å². The summed E-state index contributed by atoms with van der Waals surface area (Å²) in [6.07, 6.45) is 1.84. The number of nitrogens with one attached hydrogen (secondary N) is 1. The maximum atomic E-state index is 5.19. The van der Waals surface area contributed by atoms with Crippen molar-refractivity contribution in [2.45, 2.75) is 18.9 Å². The van der Waals surface area contributed by atoms with E-state index in [1.165, 1.54) is 5.56 Å². The first-order valence-electron chi connectivity index (χ1n) is 6.48. The minimum atomic E-state index is 0.237. The second kappa shape index (κ2) is 6.34. The number of rotatable bonds is 5. The van der Waals surface area contributed by atoms with Gasteiger partial charge in [0.25, 0.3) is 0 Å². The van der Waals surface area contributed by atoms with Crippen LogP contribution in [0.2, 0.25) is 0 Å². The number of ether oxygens (including phenoxy) is 1. The fourth-order valence-electron chi connectivity index (χ4n) is 2.33. The summed E-state index contributed by atoms with van der Waals surface area (Å²) in [5.41, 5.74) is 2.33. The summed E-state index contributed by atoms with van der Waals surface area (Å²) in [7, 11) is 3.66. The molecular weight excluding hydrogens is 236 g/mol. The van der Waals surface area contributed by atoms with Gasteiger partial charge >= 0.3 is 0 Å². The highest BCUT2D eigenvalue weighted by atomic mass is 16.5. The van der Waals surface area contributed by atoms with E-state index >= 15 is 0 Å². The van der Waals surface area contributed by atoms with Gasteiger partial charge in [-0.15, -0.1) is 0 Å². The Morgan fingerprint density at radius 2 is 1.84 bits per heavy atom. The third-order valence-corrected chi connectivity index (χ3v) is 3.44. The molecule has 0 bridgehead atoms. The highest BCUT2D eigenvalue weighted by molar-refractivity contribution is 5.31. The van der Waals surface area contributed by atoms with Crippen LogP contribution in [0.4, 0.5) is 0 Å². The molecule has 0 aliphatic rings. The van der Waals surface area contributed by atoms with Gasteiger partial charge in [0.05, 0.1) is 7.11 Å². The van der Waals surface area contributed by atoms with E-state index in [9.17, 15) is 0 Å². The van der Waals surface area contributed by atoms with Gasteiger partial charge in [0.2, 0.25) is 0 Å². The standard InChI is InChI=1S/C16H20N2O/c1-12(15-6-4-5-11-18-15)16(17-2)13-7-9-14(19-3)10-8-13/h4-12,16-17H,1-3H3. The van der Waals surface area contributed by atoms with E-state index in [1.807, 2.05) is 37.5 Å². The Morgan fingerprint density at radius 3 is 2.37 bits per heavy atom. The number of pyridine rings is 1. The second-order valence-corrected chi connectivity index (χ2v) is 4.58. The molecule has 1 N–H and O–H groups in total. The lowest BCUT2D eigenvalue weighted by atomic mass is 9.91. The van der Waals surface area contributed by atoms with E-state index in [0.717, 1.165) is 11.4 Å². The fourth-order valence-corrected chi connectivity index (χ4v) is 2.33. The number of nitrogens with zero attached hydrogens (tertiary/aromatic N) is 1. The molecule has 0 amide bonds. The van der Waals surface area contributed by atoms with Crippen LogP contribution in [-0.4, -0.2) is 19.1 Å². The van der Waals surface area contributed by atoms with Gasteiger partial charge in [-0.3, -0.25) is 4.98 Å². The van der Waals surface area contributed by atoms with Crippen LogP contribution in [0.3, 0.4) is 0 Å². The number of hydrogen-bond donors (Lipinski definition) is 1. The Morgan fingerprint density at radius 1 is 1.11 bits per heavy atom. The lowest BCUT2D eigenvalue weighted by Crippen LogP contribution is -2.22. The molecule has 2 unspecified atom stereocenters. The number of likely N-dealkylation sites (N-methyl/N-ethyl adjacent to an activating group) is 1. The minimum absolute atomic E-state index is 0.237. The molecular formula is C16H20N2O. The summed E-state index contributed by atoms with van der Waals surface area (Å²) in [4.78, 5) is 4.44. The van der Waals surface area contributed by atoms with Gasteiger partial charge in [-0.25, -0.2) is 0 Å². The van der Waals surface area contributed by atoms with Crippen LogP contribution in [-0.2, 0) is 0 Å². The van der Waals surface area contributed by atoms with Crippen LogP contribution in [0.5, 0.6) is 5.75 Å². The molecule has 2 aromatic rings. The zero-order valence-electron chi connectivity index (χ0n) is 11.6. The fraction of sp³-hybridized carbons (Fsp3) is 0.312. The molecule has 1 aromatic carbocycles. The quantitative estimate of drug-likeness (QED) is 0.892. The van der Waals surface area contributed by atoms with Crippen LogP contribution in [0.15, 0.2) is 48.7 Å². The molecule has 3 heteroatoms. The van der Waals surface area contributed by atoms with Crippen LogP contribution < -0.4 is 10.1 Å². The van der Waals surface area contributed by atoms with Crippen LogP contribution >= 0.6 is 0 Å². The molecule has 1 aromatic heterocycles. The van der Waals surface area contributed by atoms with E-state index in [0.29, 0.717) is 5.92 Å². The average Bonchev–Trinajstić information content (AvgIpc) is 2.49. The normalized spacial score (nSPS) is 13.8. The van der Waals surface area contributed by atoms with Gasteiger partial charge in [0.1, 0.15) is 5.75 Å². The van der Waals surface area contributed by atoms with Crippen molar-refractivity contribution in [3.63, 3.8) is 0 Å². The Balaban J connectivity index is 2.23. The molecule has 2 atom stereocenters. The van der Waals surface area contributed by atoms with Crippen molar-refractivity contribution in [3.8, 4) is 5.75 Å². The summed E-state index contributed by atoms with van der Waals surface area (Å²) in [5.74, 6) is 1.18. The summed E-state index contributed by atoms with van der Waals surface area (Å²) in [6.45, 7) is 2.19. The number of hydrogen-bond acceptors (Lipinski definition) is 3. The molecule has 0 aliphatic heterocycles. The predicted molar refractivity (Wildman–Crippen MR) is 77.4 cm³/mol. The van der Waals surface area contributed by atoms with Crippen LogP contribution in [0, 0.1) is 0 Å². The third kappa shape index (κ3) is 3.12. The first kappa shape index (κ1) is 13.6. The Kier molecular flexibility index (Phi) is 4.53. The summed E-state index contributed by atoms with van der Waals surface area (Å²) >= 11 is 0. The number of methoxy groups -OCH3 is 1. The van der Waals surface area contributed by atoms with Gasteiger partial charge in [0.15, 0.2) is 0 Å². The van der Waals surface area contributed by atoms with Crippen molar-refractivity contribution in [3.05, 3.63) is 59.9 Å². The molecule has 1 heterocycles. The Labute approximate surface area is 114 Å². The molecule has 0 saturated carbocycles. The molecule has 100 valence electrons. The smallest absolute Gasteiger partial charge is 0.118 e. The van der Waals surface area contributed by atoms with Gasteiger partial charge < -0.3 is 10.1 Å². The molecule has 2 rings (SSSR count). The average molecular weight is 256 g/mol. The SMILES string of the molecule is CNC(c1ccc(OC)cc1)C(C)c1ccccn1. The number of aromatic nitrogens is 1. The molecule has 0 spiro atoms. The minimum Gasteiger partial charge on any atom is -0.497 e. The highest BCUT2D eigenvalue weighted by Crippen LogP contribution is 2.29.